The Morgan fingerprint density at radius 2 is 2.07 bits per heavy atom. The molecule has 0 aliphatic carbocycles. The van der Waals surface area contributed by atoms with E-state index in [2.05, 4.69) is 20.5 Å². The highest BCUT2D eigenvalue weighted by atomic mass is 35.5. The zero-order chi connectivity index (χ0) is 20.2. The molecule has 1 amide bonds. The van der Waals surface area contributed by atoms with Gasteiger partial charge in [0.05, 0.1) is 29.5 Å². The number of nitrogens with zero attached hydrogens (tertiary/aromatic N) is 2. The van der Waals surface area contributed by atoms with E-state index in [1.807, 2.05) is 43.3 Å². The van der Waals surface area contributed by atoms with Crippen molar-refractivity contribution in [3.05, 3.63) is 82.8 Å². The Hall–Kier alpha value is -3.38. The molecule has 0 atom stereocenters. The lowest BCUT2D eigenvalue weighted by atomic mass is 10.1. The molecule has 2 aromatic heterocycles. The van der Waals surface area contributed by atoms with Gasteiger partial charge in [0.2, 0.25) is 5.91 Å². The fraction of sp³-hybridized carbons (Fsp3) is 0.136. The molecule has 0 radical (unpaired) electrons. The number of ether oxygens (including phenoxy) is 1. The average molecular weight is 407 g/mol. The van der Waals surface area contributed by atoms with Crippen molar-refractivity contribution in [1.82, 2.24) is 15.2 Å². The molecule has 0 aliphatic heterocycles. The van der Waals surface area contributed by atoms with Crippen LogP contribution < -0.4 is 10.1 Å². The van der Waals surface area contributed by atoms with E-state index in [1.165, 1.54) is 0 Å². The summed E-state index contributed by atoms with van der Waals surface area (Å²) in [6.45, 7) is 2.24. The molecule has 29 heavy (non-hydrogen) atoms. The summed E-state index contributed by atoms with van der Waals surface area (Å²) in [4.78, 5) is 16.5. The van der Waals surface area contributed by atoms with Crippen molar-refractivity contribution >= 4 is 34.1 Å². The fourth-order valence-electron chi connectivity index (χ4n) is 3.06. The molecule has 0 unspecified atom stereocenters. The van der Waals surface area contributed by atoms with Gasteiger partial charge in [0.1, 0.15) is 12.4 Å². The number of carbonyl (C=O) groups is 1. The minimum absolute atomic E-state index is 0.145. The monoisotopic (exact) mass is 406 g/mol. The van der Waals surface area contributed by atoms with E-state index in [9.17, 15) is 4.79 Å². The lowest BCUT2D eigenvalue weighted by Gasteiger charge is -2.10. The standard InChI is InChI=1S/C22H19ClN4O2/c1-14-6-7-24-12-20(14)25-22(28)10-15-8-16(23)11-17(9-15)29-13-21-18-4-2-3-5-19(18)26-27-21/h2-9,11-12H,10,13H2,1H3,(H,25,28)(H,26,27). The molecule has 6 nitrogen and oxygen atoms in total. The summed E-state index contributed by atoms with van der Waals surface area (Å²) in [5, 5.41) is 11.7. The van der Waals surface area contributed by atoms with Crippen LogP contribution in [-0.4, -0.2) is 21.1 Å². The summed E-state index contributed by atoms with van der Waals surface area (Å²) in [6.07, 6.45) is 3.50. The number of aromatic amines is 1. The second-order valence-corrected chi connectivity index (χ2v) is 7.16. The number of benzene rings is 2. The van der Waals surface area contributed by atoms with Gasteiger partial charge >= 0.3 is 0 Å². The van der Waals surface area contributed by atoms with Gasteiger partial charge in [-0.15, -0.1) is 0 Å². The van der Waals surface area contributed by atoms with E-state index < -0.39 is 0 Å². The number of amides is 1. The number of hydrogen-bond acceptors (Lipinski definition) is 4. The van der Waals surface area contributed by atoms with Crippen molar-refractivity contribution in [2.24, 2.45) is 0 Å². The molecular formula is C22H19ClN4O2. The van der Waals surface area contributed by atoms with E-state index >= 15 is 0 Å². The molecule has 0 aliphatic rings. The van der Waals surface area contributed by atoms with E-state index in [0.29, 0.717) is 23.1 Å². The molecule has 146 valence electrons. The maximum absolute atomic E-state index is 12.4. The minimum atomic E-state index is -0.145. The number of hydrogen-bond donors (Lipinski definition) is 2. The Labute approximate surface area is 172 Å². The number of carbonyl (C=O) groups excluding carboxylic acids is 1. The van der Waals surface area contributed by atoms with Crippen molar-refractivity contribution in [2.45, 2.75) is 20.0 Å². The first kappa shape index (κ1) is 19.0. The highest BCUT2D eigenvalue weighted by molar-refractivity contribution is 6.30. The maximum atomic E-state index is 12.4. The number of anilines is 1. The van der Waals surface area contributed by atoms with Crippen molar-refractivity contribution in [1.29, 1.82) is 0 Å². The van der Waals surface area contributed by atoms with Crippen LogP contribution in [0.4, 0.5) is 5.69 Å². The van der Waals surface area contributed by atoms with Gasteiger partial charge in [0.25, 0.3) is 0 Å². The lowest BCUT2D eigenvalue weighted by molar-refractivity contribution is -0.115. The second-order valence-electron chi connectivity index (χ2n) is 6.72. The van der Waals surface area contributed by atoms with Crippen LogP contribution in [0.5, 0.6) is 5.75 Å². The number of para-hydroxylation sites is 1. The summed E-state index contributed by atoms with van der Waals surface area (Å²) < 4.78 is 5.90. The zero-order valence-electron chi connectivity index (χ0n) is 15.8. The summed E-state index contributed by atoms with van der Waals surface area (Å²) in [6, 6.07) is 15.0. The lowest BCUT2D eigenvalue weighted by Crippen LogP contribution is -2.15. The third kappa shape index (κ3) is 4.55. The Morgan fingerprint density at radius 3 is 2.93 bits per heavy atom. The van der Waals surface area contributed by atoms with Gasteiger partial charge in [-0.2, -0.15) is 5.10 Å². The topological polar surface area (TPSA) is 79.9 Å². The Balaban J connectivity index is 1.44. The van der Waals surface area contributed by atoms with Gasteiger partial charge in [-0.3, -0.25) is 14.9 Å². The number of aromatic nitrogens is 3. The van der Waals surface area contributed by atoms with Crippen molar-refractivity contribution in [2.75, 3.05) is 5.32 Å². The van der Waals surface area contributed by atoms with Crippen LogP contribution in [0.2, 0.25) is 5.02 Å². The molecule has 4 rings (SSSR count). The highest BCUT2D eigenvalue weighted by Crippen LogP contribution is 2.24. The van der Waals surface area contributed by atoms with Gasteiger partial charge in [0.15, 0.2) is 0 Å². The van der Waals surface area contributed by atoms with E-state index in [4.69, 9.17) is 16.3 Å². The molecule has 0 bridgehead atoms. The first-order valence-electron chi connectivity index (χ1n) is 9.13. The molecule has 0 fully saturated rings. The first-order valence-corrected chi connectivity index (χ1v) is 9.51. The maximum Gasteiger partial charge on any atom is 0.228 e. The quantitative estimate of drug-likeness (QED) is 0.487. The van der Waals surface area contributed by atoms with Gasteiger partial charge < -0.3 is 10.1 Å². The fourth-order valence-corrected chi connectivity index (χ4v) is 3.31. The number of pyridine rings is 1. The van der Waals surface area contributed by atoms with E-state index in [-0.39, 0.29) is 12.3 Å². The van der Waals surface area contributed by atoms with Gasteiger partial charge in [-0.1, -0.05) is 29.8 Å². The molecule has 0 saturated carbocycles. The number of rotatable bonds is 6. The molecule has 2 heterocycles. The molecule has 4 aromatic rings. The Kier molecular flexibility index (Phi) is 5.44. The minimum Gasteiger partial charge on any atom is -0.487 e. The van der Waals surface area contributed by atoms with Crippen LogP contribution in [0, 0.1) is 6.92 Å². The van der Waals surface area contributed by atoms with Gasteiger partial charge in [0, 0.05) is 16.6 Å². The number of halogens is 1. The highest BCUT2D eigenvalue weighted by Gasteiger charge is 2.10. The predicted molar refractivity (Wildman–Crippen MR) is 113 cm³/mol. The van der Waals surface area contributed by atoms with Gasteiger partial charge in [-0.25, -0.2) is 0 Å². The summed E-state index contributed by atoms with van der Waals surface area (Å²) in [7, 11) is 0. The number of H-pyrrole nitrogens is 1. The number of nitrogens with one attached hydrogen (secondary N) is 2. The molecular weight excluding hydrogens is 388 g/mol. The van der Waals surface area contributed by atoms with Crippen molar-refractivity contribution < 1.29 is 9.53 Å². The SMILES string of the molecule is Cc1ccncc1NC(=O)Cc1cc(Cl)cc(OCc2[nH]nc3ccccc23)c1. The van der Waals surface area contributed by atoms with Crippen LogP contribution in [0.1, 0.15) is 16.8 Å². The molecule has 0 saturated heterocycles. The van der Waals surface area contributed by atoms with Crippen LogP contribution in [0.15, 0.2) is 60.9 Å². The Bertz CT molecular complexity index is 1170. The number of aryl methyl sites for hydroxylation is 1. The largest absolute Gasteiger partial charge is 0.487 e. The summed E-state index contributed by atoms with van der Waals surface area (Å²) >= 11 is 6.23. The average Bonchev–Trinajstić information content (AvgIpc) is 3.11. The molecule has 2 N–H and O–H groups in total. The Morgan fingerprint density at radius 1 is 1.21 bits per heavy atom. The predicted octanol–water partition coefficient (Wildman–Crippen LogP) is 4.68. The zero-order valence-corrected chi connectivity index (χ0v) is 16.5. The van der Waals surface area contributed by atoms with Crippen molar-refractivity contribution in [3.8, 4) is 5.75 Å². The second kappa shape index (κ2) is 8.32. The third-order valence-corrected chi connectivity index (χ3v) is 4.75. The number of fused-ring (bicyclic) bond motifs is 1. The first-order chi connectivity index (χ1) is 14.1. The molecule has 2 aromatic carbocycles. The molecule has 0 spiro atoms. The van der Waals surface area contributed by atoms with Gasteiger partial charge in [-0.05, 0) is 48.4 Å². The smallest absolute Gasteiger partial charge is 0.228 e. The molecule has 7 heteroatoms. The van der Waals surface area contributed by atoms with Crippen LogP contribution >= 0.6 is 11.6 Å². The summed E-state index contributed by atoms with van der Waals surface area (Å²) in [5.74, 6) is 0.449. The van der Waals surface area contributed by atoms with Crippen LogP contribution in [-0.2, 0) is 17.8 Å². The summed E-state index contributed by atoms with van der Waals surface area (Å²) in [5.41, 5.74) is 4.19. The van der Waals surface area contributed by atoms with Crippen LogP contribution in [0.3, 0.4) is 0 Å². The van der Waals surface area contributed by atoms with E-state index in [1.54, 1.807) is 24.5 Å². The normalized spacial score (nSPS) is 10.8. The van der Waals surface area contributed by atoms with E-state index in [0.717, 1.165) is 27.7 Å². The van der Waals surface area contributed by atoms with Crippen molar-refractivity contribution in [3.63, 3.8) is 0 Å². The third-order valence-electron chi connectivity index (χ3n) is 4.53. The van der Waals surface area contributed by atoms with Crippen LogP contribution in [0.25, 0.3) is 10.9 Å².